The van der Waals surface area contributed by atoms with E-state index in [9.17, 15) is 15.2 Å². The Morgan fingerprint density at radius 3 is 2.73 bits per heavy atom. The van der Waals surface area contributed by atoms with Crippen LogP contribution in [0.5, 0.6) is 5.75 Å². The number of aromatic hydroxyl groups is 1. The number of hydrogen-bond acceptors (Lipinski definition) is 4. The summed E-state index contributed by atoms with van der Waals surface area (Å²) in [5.41, 5.74) is 5.90. The topological polar surface area (TPSA) is 89.4 Å². The van der Waals surface area contributed by atoms with E-state index in [0.29, 0.717) is 11.0 Å². The first-order chi connectivity index (χ1) is 6.97. The predicted molar refractivity (Wildman–Crippen MR) is 59.9 cm³/mol. The zero-order valence-electron chi connectivity index (χ0n) is 8.11. The van der Waals surface area contributed by atoms with Crippen LogP contribution in [0.25, 0.3) is 0 Å². The van der Waals surface area contributed by atoms with E-state index >= 15 is 0 Å². The van der Waals surface area contributed by atoms with E-state index in [1.165, 1.54) is 6.07 Å². The van der Waals surface area contributed by atoms with Crippen LogP contribution < -0.4 is 5.73 Å². The van der Waals surface area contributed by atoms with Crippen LogP contribution in [-0.4, -0.2) is 16.6 Å². The molecule has 0 aliphatic carbocycles. The maximum atomic E-state index is 10.6. The number of nitro benzene ring substituents is 1. The number of nitrogens with two attached hydrogens (primary N) is 1. The zero-order chi connectivity index (χ0) is 11.6. The normalized spacial score (nSPS) is 12.5. The average Bonchev–Trinajstić information content (AvgIpc) is 2.20. The molecule has 1 aromatic rings. The Morgan fingerprint density at radius 2 is 2.27 bits per heavy atom. The first-order valence-electron chi connectivity index (χ1n) is 4.34. The van der Waals surface area contributed by atoms with Crippen LogP contribution in [0.1, 0.15) is 18.4 Å². The van der Waals surface area contributed by atoms with E-state index in [1.54, 1.807) is 6.07 Å². The summed E-state index contributed by atoms with van der Waals surface area (Å²) in [4.78, 5) is 10.0. The minimum atomic E-state index is -0.618. The monoisotopic (exact) mass is 274 g/mol. The first-order valence-corrected chi connectivity index (χ1v) is 5.13. The van der Waals surface area contributed by atoms with Crippen LogP contribution in [0.3, 0.4) is 0 Å². The Labute approximate surface area is 95.2 Å². The van der Waals surface area contributed by atoms with E-state index in [1.807, 2.05) is 6.92 Å². The number of phenols is 1. The summed E-state index contributed by atoms with van der Waals surface area (Å²) >= 11 is 3.07. The van der Waals surface area contributed by atoms with Crippen molar-refractivity contribution in [3.05, 3.63) is 32.3 Å². The highest BCUT2D eigenvalue weighted by Gasteiger charge is 2.19. The Kier molecular flexibility index (Phi) is 3.65. The summed E-state index contributed by atoms with van der Waals surface area (Å²) in [7, 11) is 0. The molecule has 0 fully saturated rings. The fourth-order valence-corrected chi connectivity index (χ4v) is 1.63. The third kappa shape index (κ3) is 2.45. The van der Waals surface area contributed by atoms with Gasteiger partial charge in [-0.25, -0.2) is 0 Å². The van der Waals surface area contributed by atoms with Gasteiger partial charge in [-0.3, -0.25) is 10.1 Å². The molecule has 82 valence electrons. The minimum absolute atomic E-state index is 0.0144. The number of nitro groups is 1. The molecule has 0 saturated heterocycles. The Hall–Kier alpha value is -1.14. The molecule has 6 heteroatoms. The van der Waals surface area contributed by atoms with Crippen LogP contribution in [-0.2, 0) is 0 Å². The second kappa shape index (κ2) is 4.59. The van der Waals surface area contributed by atoms with Crippen LogP contribution in [0.2, 0.25) is 0 Å². The molecular weight excluding hydrogens is 264 g/mol. The number of benzene rings is 1. The third-order valence-corrected chi connectivity index (χ3v) is 2.79. The second-order valence-electron chi connectivity index (χ2n) is 3.26. The van der Waals surface area contributed by atoms with Gasteiger partial charge in [-0.2, -0.15) is 0 Å². The fraction of sp³-hybridized carbons (Fsp3) is 0.333. The van der Waals surface area contributed by atoms with Gasteiger partial charge in [0.1, 0.15) is 0 Å². The van der Waals surface area contributed by atoms with Gasteiger partial charge in [-0.15, -0.1) is 0 Å². The Morgan fingerprint density at radius 1 is 1.67 bits per heavy atom. The van der Waals surface area contributed by atoms with Crippen molar-refractivity contribution in [2.24, 2.45) is 5.73 Å². The lowest BCUT2D eigenvalue weighted by Gasteiger charge is -2.10. The number of nitrogens with zero attached hydrogens (tertiary/aromatic N) is 1. The molecule has 1 unspecified atom stereocenters. The zero-order valence-corrected chi connectivity index (χ0v) is 9.69. The Balaban J connectivity index is 3.29. The molecule has 5 nitrogen and oxygen atoms in total. The summed E-state index contributed by atoms with van der Waals surface area (Å²) < 4.78 is 0.312. The molecule has 3 N–H and O–H groups in total. The molecule has 0 aliphatic rings. The van der Waals surface area contributed by atoms with Gasteiger partial charge in [-0.1, -0.05) is 6.92 Å². The molecule has 0 aromatic heterocycles. The van der Waals surface area contributed by atoms with Crippen LogP contribution >= 0.6 is 15.9 Å². The molecule has 0 radical (unpaired) electrons. The molecule has 0 aliphatic heterocycles. The lowest BCUT2D eigenvalue weighted by atomic mass is 10.0. The van der Waals surface area contributed by atoms with Gasteiger partial charge in [-0.05, 0) is 40.0 Å². The minimum Gasteiger partial charge on any atom is -0.501 e. The summed E-state index contributed by atoms with van der Waals surface area (Å²) in [6.07, 6.45) is 0. The maximum Gasteiger partial charge on any atom is 0.312 e. The van der Waals surface area contributed by atoms with Crippen molar-refractivity contribution >= 4 is 21.6 Å². The highest BCUT2D eigenvalue weighted by molar-refractivity contribution is 9.10. The van der Waals surface area contributed by atoms with E-state index in [4.69, 9.17) is 5.73 Å². The molecule has 0 spiro atoms. The van der Waals surface area contributed by atoms with Gasteiger partial charge in [0, 0.05) is 6.07 Å². The smallest absolute Gasteiger partial charge is 0.312 e. The van der Waals surface area contributed by atoms with E-state index in [-0.39, 0.29) is 17.4 Å². The standard InChI is InChI=1S/C9H11BrN2O3/c1-5(4-11)6-2-7(10)9(13)8(3-6)12(14)15/h2-3,5,13H,4,11H2,1H3. The molecule has 0 saturated carbocycles. The molecule has 15 heavy (non-hydrogen) atoms. The molecule has 1 atom stereocenters. The van der Waals surface area contributed by atoms with Gasteiger partial charge < -0.3 is 10.8 Å². The van der Waals surface area contributed by atoms with Gasteiger partial charge in [0.2, 0.25) is 5.75 Å². The number of halogens is 1. The summed E-state index contributed by atoms with van der Waals surface area (Å²) in [6, 6.07) is 2.98. The molecular formula is C9H11BrN2O3. The van der Waals surface area contributed by atoms with E-state index in [2.05, 4.69) is 15.9 Å². The maximum absolute atomic E-state index is 10.6. The van der Waals surface area contributed by atoms with Crippen molar-refractivity contribution in [1.82, 2.24) is 0 Å². The second-order valence-corrected chi connectivity index (χ2v) is 4.12. The largest absolute Gasteiger partial charge is 0.501 e. The molecule has 0 bridgehead atoms. The molecule has 0 amide bonds. The number of hydrogen-bond donors (Lipinski definition) is 2. The van der Waals surface area contributed by atoms with Crippen molar-refractivity contribution in [2.75, 3.05) is 6.54 Å². The van der Waals surface area contributed by atoms with Crippen molar-refractivity contribution in [3.8, 4) is 5.75 Å². The average molecular weight is 275 g/mol. The third-order valence-electron chi connectivity index (χ3n) is 2.18. The van der Waals surface area contributed by atoms with Crippen molar-refractivity contribution in [2.45, 2.75) is 12.8 Å². The van der Waals surface area contributed by atoms with Gasteiger partial charge >= 0.3 is 5.69 Å². The molecule has 1 aromatic carbocycles. The summed E-state index contributed by atoms with van der Waals surface area (Å²) in [5, 5.41) is 20.1. The number of rotatable bonds is 3. The highest BCUT2D eigenvalue weighted by atomic mass is 79.9. The summed E-state index contributed by atoms with van der Waals surface area (Å²) in [5.74, 6) is -0.339. The molecule has 0 heterocycles. The van der Waals surface area contributed by atoms with Gasteiger partial charge in [0.15, 0.2) is 0 Å². The van der Waals surface area contributed by atoms with Crippen molar-refractivity contribution < 1.29 is 10.0 Å². The van der Waals surface area contributed by atoms with Gasteiger partial charge in [0.25, 0.3) is 0 Å². The van der Waals surface area contributed by atoms with E-state index < -0.39 is 4.92 Å². The predicted octanol–water partition coefficient (Wildman–Crippen LogP) is 2.13. The first kappa shape index (κ1) is 11.9. The van der Waals surface area contributed by atoms with Crippen LogP contribution in [0, 0.1) is 10.1 Å². The Bertz CT molecular complexity index is 395. The number of phenolic OH excluding ortho intramolecular Hbond substituents is 1. The van der Waals surface area contributed by atoms with Crippen LogP contribution in [0.4, 0.5) is 5.69 Å². The fourth-order valence-electron chi connectivity index (χ4n) is 1.16. The summed E-state index contributed by atoms with van der Waals surface area (Å²) in [6.45, 7) is 2.26. The SMILES string of the molecule is CC(CN)c1cc(Br)c(O)c([N+](=O)[O-])c1. The van der Waals surface area contributed by atoms with E-state index in [0.717, 1.165) is 5.56 Å². The van der Waals surface area contributed by atoms with Crippen molar-refractivity contribution in [3.63, 3.8) is 0 Å². The lowest BCUT2D eigenvalue weighted by Crippen LogP contribution is -2.09. The lowest BCUT2D eigenvalue weighted by molar-refractivity contribution is -0.386. The van der Waals surface area contributed by atoms with Gasteiger partial charge in [0.05, 0.1) is 9.40 Å². The van der Waals surface area contributed by atoms with Crippen molar-refractivity contribution in [1.29, 1.82) is 0 Å². The molecule has 1 rings (SSSR count). The highest BCUT2D eigenvalue weighted by Crippen LogP contribution is 2.36. The quantitative estimate of drug-likeness (QED) is 0.653. The van der Waals surface area contributed by atoms with Crippen LogP contribution in [0.15, 0.2) is 16.6 Å².